The van der Waals surface area contributed by atoms with Gasteiger partial charge in [-0.25, -0.2) is 5.43 Å². The Morgan fingerprint density at radius 1 is 1.38 bits per heavy atom. The number of amides is 1. The lowest BCUT2D eigenvalue weighted by atomic mass is 10.2. The van der Waals surface area contributed by atoms with E-state index in [4.69, 9.17) is 9.47 Å². The molecule has 1 aromatic heterocycles. The van der Waals surface area contributed by atoms with Crippen molar-refractivity contribution in [3.05, 3.63) is 57.9 Å². The molecule has 136 valence electrons. The van der Waals surface area contributed by atoms with E-state index in [1.54, 1.807) is 18.2 Å². The summed E-state index contributed by atoms with van der Waals surface area (Å²) < 4.78 is 10.6. The standard InChI is InChI=1S/C17H18N4O5/c1-3-8-26-16-14(21(23)24)9-12(10-15(16)25-2)11-19-20-17(22)13-4-6-18-7-5-13/h4-7,9-11H,3,8H2,1-2H3,(H,20,22)/b19-11-. The molecule has 0 aliphatic carbocycles. The van der Waals surface area contributed by atoms with E-state index in [0.717, 1.165) is 0 Å². The van der Waals surface area contributed by atoms with Crippen LogP contribution in [0.3, 0.4) is 0 Å². The number of rotatable bonds is 8. The monoisotopic (exact) mass is 358 g/mol. The topological polar surface area (TPSA) is 116 Å². The number of pyridine rings is 1. The molecule has 0 saturated heterocycles. The zero-order chi connectivity index (χ0) is 18.9. The first kappa shape index (κ1) is 18.8. The van der Waals surface area contributed by atoms with Gasteiger partial charge in [0, 0.05) is 29.6 Å². The SMILES string of the molecule is CCCOc1c(OC)cc(/C=N\NC(=O)c2ccncc2)cc1[N+](=O)[O-]. The van der Waals surface area contributed by atoms with E-state index in [1.165, 1.54) is 31.8 Å². The molecule has 9 heteroatoms. The Morgan fingerprint density at radius 3 is 2.73 bits per heavy atom. The molecule has 1 N–H and O–H groups in total. The predicted octanol–water partition coefficient (Wildman–Crippen LogP) is 2.55. The molecule has 0 spiro atoms. The average Bonchev–Trinajstić information content (AvgIpc) is 2.66. The lowest BCUT2D eigenvalue weighted by Crippen LogP contribution is -2.17. The van der Waals surface area contributed by atoms with E-state index in [0.29, 0.717) is 24.2 Å². The minimum absolute atomic E-state index is 0.0670. The summed E-state index contributed by atoms with van der Waals surface area (Å²) in [4.78, 5) is 26.5. The van der Waals surface area contributed by atoms with Gasteiger partial charge in [0.1, 0.15) is 0 Å². The second-order valence-corrected chi connectivity index (χ2v) is 5.11. The third kappa shape index (κ3) is 4.76. The van der Waals surface area contributed by atoms with Crippen molar-refractivity contribution in [3.63, 3.8) is 0 Å². The van der Waals surface area contributed by atoms with Crippen LogP contribution in [-0.2, 0) is 0 Å². The summed E-state index contributed by atoms with van der Waals surface area (Å²) in [6.45, 7) is 2.22. The average molecular weight is 358 g/mol. The van der Waals surface area contributed by atoms with Crippen molar-refractivity contribution >= 4 is 17.8 Å². The number of benzene rings is 1. The number of hydrogen-bond donors (Lipinski definition) is 1. The summed E-state index contributed by atoms with van der Waals surface area (Å²) in [6, 6.07) is 5.92. The molecule has 0 saturated carbocycles. The summed E-state index contributed by atoms with van der Waals surface area (Å²) in [5.74, 6) is -0.139. The molecule has 0 fully saturated rings. The Hall–Kier alpha value is -3.49. The quantitative estimate of drug-likeness (QED) is 0.440. The highest BCUT2D eigenvalue weighted by Crippen LogP contribution is 2.38. The molecular weight excluding hydrogens is 340 g/mol. The first-order valence-electron chi connectivity index (χ1n) is 7.79. The third-order valence-electron chi connectivity index (χ3n) is 3.25. The lowest BCUT2D eigenvalue weighted by Gasteiger charge is -2.11. The van der Waals surface area contributed by atoms with Crippen LogP contribution in [0.4, 0.5) is 5.69 Å². The predicted molar refractivity (Wildman–Crippen MR) is 94.7 cm³/mol. The Labute approximate surface area is 149 Å². The summed E-state index contributed by atoms with van der Waals surface area (Å²) in [5.41, 5.74) is 2.88. The molecule has 1 aromatic carbocycles. The van der Waals surface area contributed by atoms with E-state index >= 15 is 0 Å². The van der Waals surface area contributed by atoms with Gasteiger partial charge in [0.15, 0.2) is 5.75 Å². The highest BCUT2D eigenvalue weighted by Gasteiger charge is 2.21. The lowest BCUT2D eigenvalue weighted by molar-refractivity contribution is -0.386. The fourth-order valence-corrected chi connectivity index (χ4v) is 2.05. The van der Waals surface area contributed by atoms with Crippen LogP contribution in [0.15, 0.2) is 41.8 Å². The minimum Gasteiger partial charge on any atom is -0.493 e. The number of nitrogens with zero attached hydrogens (tertiary/aromatic N) is 3. The Balaban J connectivity index is 2.22. The molecule has 1 amide bonds. The van der Waals surface area contributed by atoms with E-state index in [2.05, 4.69) is 15.5 Å². The van der Waals surface area contributed by atoms with Crippen LogP contribution in [0.2, 0.25) is 0 Å². The maximum atomic E-state index is 11.9. The molecule has 9 nitrogen and oxygen atoms in total. The molecule has 2 aromatic rings. The highest BCUT2D eigenvalue weighted by atomic mass is 16.6. The van der Waals surface area contributed by atoms with Gasteiger partial charge in [0.25, 0.3) is 5.91 Å². The number of carbonyl (C=O) groups is 1. The molecule has 0 aliphatic heterocycles. The first-order chi connectivity index (χ1) is 12.6. The van der Waals surface area contributed by atoms with Crippen LogP contribution < -0.4 is 14.9 Å². The van der Waals surface area contributed by atoms with Crippen LogP contribution in [0.5, 0.6) is 11.5 Å². The van der Waals surface area contributed by atoms with Gasteiger partial charge in [-0.1, -0.05) is 6.92 Å². The molecule has 1 heterocycles. The number of nitro benzene ring substituents is 1. The summed E-state index contributed by atoms with van der Waals surface area (Å²) in [7, 11) is 1.39. The molecule has 0 radical (unpaired) electrons. The molecule has 0 aliphatic rings. The molecule has 0 unspecified atom stereocenters. The normalized spacial score (nSPS) is 10.5. The van der Waals surface area contributed by atoms with Crippen LogP contribution in [0.1, 0.15) is 29.3 Å². The number of carbonyl (C=O) groups excluding carboxylic acids is 1. The van der Waals surface area contributed by atoms with Crippen molar-refractivity contribution in [3.8, 4) is 11.5 Å². The van der Waals surface area contributed by atoms with Crippen molar-refractivity contribution in [1.82, 2.24) is 10.4 Å². The van der Waals surface area contributed by atoms with Crippen molar-refractivity contribution in [2.24, 2.45) is 5.10 Å². The summed E-state index contributed by atoms with van der Waals surface area (Å²) in [6.07, 6.45) is 4.96. The fraction of sp³-hybridized carbons (Fsp3) is 0.235. The van der Waals surface area contributed by atoms with Crippen LogP contribution in [-0.4, -0.2) is 35.7 Å². The number of ether oxygens (including phenoxy) is 2. The smallest absolute Gasteiger partial charge is 0.315 e. The van der Waals surface area contributed by atoms with Crippen LogP contribution in [0.25, 0.3) is 0 Å². The van der Waals surface area contributed by atoms with Gasteiger partial charge in [-0.05, 0) is 24.6 Å². The molecular formula is C17H18N4O5. The zero-order valence-corrected chi connectivity index (χ0v) is 14.3. The largest absolute Gasteiger partial charge is 0.493 e. The molecule has 0 atom stereocenters. The van der Waals surface area contributed by atoms with E-state index in [-0.39, 0.29) is 17.2 Å². The van der Waals surface area contributed by atoms with Gasteiger partial charge in [-0.15, -0.1) is 0 Å². The Morgan fingerprint density at radius 2 is 2.12 bits per heavy atom. The van der Waals surface area contributed by atoms with Crippen molar-refractivity contribution in [1.29, 1.82) is 0 Å². The second kappa shape index (κ2) is 9.11. The fourth-order valence-electron chi connectivity index (χ4n) is 2.05. The van der Waals surface area contributed by atoms with Gasteiger partial charge >= 0.3 is 5.69 Å². The van der Waals surface area contributed by atoms with E-state index < -0.39 is 10.8 Å². The second-order valence-electron chi connectivity index (χ2n) is 5.11. The van der Waals surface area contributed by atoms with Crippen molar-refractivity contribution in [2.75, 3.05) is 13.7 Å². The van der Waals surface area contributed by atoms with E-state index in [9.17, 15) is 14.9 Å². The zero-order valence-electron chi connectivity index (χ0n) is 14.3. The maximum Gasteiger partial charge on any atom is 0.315 e. The summed E-state index contributed by atoms with van der Waals surface area (Å²) >= 11 is 0. The Kier molecular flexibility index (Phi) is 6.60. The van der Waals surface area contributed by atoms with Crippen molar-refractivity contribution < 1.29 is 19.2 Å². The molecule has 0 bridgehead atoms. The minimum atomic E-state index is -0.555. The van der Waals surface area contributed by atoms with Crippen molar-refractivity contribution in [2.45, 2.75) is 13.3 Å². The number of nitro groups is 1. The number of hydrogen-bond acceptors (Lipinski definition) is 7. The van der Waals surface area contributed by atoms with Gasteiger partial charge < -0.3 is 9.47 Å². The molecule has 26 heavy (non-hydrogen) atoms. The molecule has 2 rings (SSSR count). The third-order valence-corrected chi connectivity index (χ3v) is 3.25. The van der Waals surface area contributed by atoms with Crippen LogP contribution >= 0.6 is 0 Å². The number of aromatic nitrogens is 1. The van der Waals surface area contributed by atoms with E-state index in [1.807, 2.05) is 6.92 Å². The van der Waals surface area contributed by atoms with Gasteiger partial charge in [-0.2, -0.15) is 5.10 Å². The number of hydrazone groups is 1. The highest BCUT2D eigenvalue weighted by molar-refractivity contribution is 5.94. The number of methoxy groups -OCH3 is 1. The van der Waals surface area contributed by atoms with Gasteiger partial charge in [0.05, 0.1) is 24.9 Å². The maximum absolute atomic E-state index is 11.9. The van der Waals surface area contributed by atoms with Gasteiger partial charge in [-0.3, -0.25) is 19.9 Å². The van der Waals surface area contributed by atoms with Gasteiger partial charge in [0.2, 0.25) is 5.75 Å². The number of nitrogens with one attached hydrogen (secondary N) is 1. The Bertz CT molecular complexity index is 808. The first-order valence-corrected chi connectivity index (χ1v) is 7.79. The summed E-state index contributed by atoms with van der Waals surface area (Å²) in [5, 5.41) is 15.1. The van der Waals surface area contributed by atoms with Crippen LogP contribution in [0, 0.1) is 10.1 Å².